The maximum absolute atomic E-state index is 13.0. The third-order valence-corrected chi connectivity index (χ3v) is 6.29. The Labute approximate surface area is 194 Å². The normalized spacial score (nSPS) is 18.8. The lowest BCUT2D eigenvalue weighted by molar-refractivity contribution is -0.143. The highest BCUT2D eigenvalue weighted by Crippen LogP contribution is 2.20. The number of aliphatic carboxylic acids is 1. The molecule has 1 rings (SSSR count). The van der Waals surface area contributed by atoms with Gasteiger partial charge in [0.2, 0.25) is 17.7 Å². The molecule has 7 N–H and O–H groups in total. The van der Waals surface area contributed by atoms with Crippen molar-refractivity contribution in [1.82, 2.24) is 15.5 Å². The summed E-state index contributed by atoms with van der Waals surface area (Å²) in [6.07, 6.45) is 4.91. The Hall–Kier alpha value is -1.85. The van der Waals surface area contributed by atoms with E-state index in [2.05, 4.69) is 10.6 Å². The van der Waals surface area contributed by atoms with Crippen molar-refractivity contribution >= 4 is 35.5 Å². The summed E-state index contributed by atoms with van der Waals surface area (Å²) >= 11 is 1.52. The molecule has 0 radical (unpaired) electrons. The highest BCUT2D eigenvalue weighted by Gasteiger charge is 2.38. The number of nitrogens with one attached hydrogen (secondary N) is 2. The molecular formula is C21H39N5O5S. The van der Waals surface area contributed by atoms with Crippen molar-refractivity contribution in [3.05, 3.63) is 0 Å². The Bertz CT molecular complexity index is 648. The van der Waals surface area contributed by atoms with Crippen LogP contribution in [0.4, 0.5) is 0 Å². The monoisotopic (exact) mass is 473 g/mol. The molecule has 11 heteroatoms. The van der Waals surface area contributed by atoms with E-state index >= 15 is 0 Å². The Kier molecular flexibility index (Phi) is 12.6. The van der Waals surface area contributed by atoms with Gasteiger partial charge in [0.15, 0.2) is 0 Å². The number of nitrogens with two attached hydrogens (primary N) is 2. The van der Waals surface area contributed by atoms with Crippen LogP contribution in [0.25, 0.3) is 0 Å². The number of thioether (sulfide) groups is 1. The van der Waals surface area contributed by atoms with Crippen LogP contribution in [0.1, 0.15) is 52.4 Å². The van der Waals surface area contributed by atoms with Gasteiger partial charge in [-0.2, -0.15) is 11.8 Å². The van der Waals surface area contributed by atoms with E-state index in [0.29, 0.717) is 50.9 Å². The predicted octanol–water partition coefficient (Wildman–Crippen LogP) is -0.103. The first-order valence-corrected chi connectivity index (χ1v) is 12.6. The highest BCUT2D eigenvalue weighted by molar-refractivity contribution is 7.98. The van der Waals surface area contributed by atoms with Crippen molar-refractivity contribution in [2.45, 2.75) is 76.5 Å². The number of nitrogens with zero attached hydrogens (tertiary/aromatic N) is 1. The minimum Gasteiger partial charge on any atom is -0.480 e. The smallest absolute Gasteiger partial charge is 0.326 e. The number of amides is 3. The van der Waals surface area contributed by atoms with Gasteiger partial charge in [-0.25, -0.2) is 4.79 Å². The van der Waals surface area contributed by atoms with Crippen LogP contribution in [0.3, 0.4) is 0 Å². The van der Waals surface area contributed by atoms with E-state index in [1.165, 1.54) is 16.7 Å². The molecule has 1 aliphatic rings. The van der Waals surface area contributed by atoms with Crippen LogP contribution in [0.5, 0.6) is 0 Å². The Morgan fingerprint density at radius 3 is 2.38 bits per heavy atom. The average molecular weight is 474 g/mol. The van der Waals surface area contributed by atoms with Crippen LogP contribution in [-0.4, -0.2) is 83.0 Å². The van der Waals surface area contributed by atoms with E-state index < -0.39 is 42.0 Å². The van der Waals surface area contributed by atoms with Gasteiger partial charge in [0.1, 0.15) is 18.1 Å². The SMILES string of the molecule is CSCCC(NC(=O)C1CCCN1C(=O)C(N)C(C)C)C(=O)NC(CCCCN)C(=O)O. The van der Waals surface area contributed by atoms with Crippen LogP contribution in [0.2, 0.25) is 0 Å². The second kappa shape index (κ2) is 14.3. The fraction of sp³-hybridized carbons (Fsp3) is 0.810. The van der Waals surface area contributed by atoms with Gasteiger partial charge < -0.3 is 32.1 Å². The van der Waals surface area contributed by atoms with Gasteiger partial charge >= 0.3 is 5.97 Å². The van der Waals surface area contributed by atoms with Crippen LogP contribution in [0.15, 0.2) is 0 Å². The Balaban J connectivity index is 2.86. The molecule has 4 atom stereocenters. The molecule has 1 saturated heterocycles. The van der Waals surface area contributed by atoms with Gasteiger partial charge in [0.25, 0.3) is 0 Å². The summed E-state index contributed by atoms with van der Waals surface area (Å²) in [6, 6.07) is -3.31. The number of carboxylic acid groups (broad SMARTS) is 1. The second-order valence-electron chi connectivity index (χ2n) is 8.49. The first kappa shape index (κ1) is 28.2. The van der Waals surface area contributed by atoms with Crippen LogP contribution in [-0.2, 0) is 19.2 Å². The topological polar surface area (TPSA) is 168 Å². The van der Waals surface area contributed by atoms with E-state index in [-0.39, 0.29) is 18.2 Å². The van der Waals surface area contributed by atoms with Gasteiger partial charge in [-0.1, -0.05) is 13.8 Å². The molecule has 0 aromatic carbocycles. The third-order valence-electron chi connectivity index (χ3n) is 5.65. The van der Waals surface area contributed by atoms with Crippen molar-refractivity contribution in [1.29, 1.82) is 0 Å². The molecule has 4 unspecified atom stereocenters. The van der Waals surface area contributed by atoms with Crippen LogP contribution in [0, 0.1) is 5.92 Å². The van der Waals surface area contributed by atoms with Gasteiger partial charge in [0, 0.05) is 6.54 Å². The zero-order valence-corrected chi connectivity index (χ0v) is 20.2. The second-order valence-corrected chi connectivity index (χ2v) is 9.47. The zero-order valence-electron chi connectivity index (χ0n) is 19.3. The summed E-state index contributed by atoms with van der Waals surface area (Å²) in [5.74, 6) is -1.80. The number of hydrogen-bond acceptors (Lipinski definition) is 7. The Morgan fingerprint density at radius 1 is 1.12 bits per heavy atom. The summed E-state index contributed by atoms with van der Waals surface area (Å²) in [4.78, 5) is 51.6. The highest BCUT2D eigenvalue weighted by atomic mass is 32.2. The lowest BCUT2D eigenvalue weighted by Gasteiger charge is -2.29. The number of carbonyl (C=O) groups excluding carboxylic acids is 3. The maximum atomic E-state index is 13.0. The van der Waals surface area contributed by atoms with E-state index in [9.17, 15) is 24.3 Å². The molecule has 0 spiro atoms. The quantitative estimate of drug-likeness (QED) is 0.218. The molecule has 184 valence electrons. The van der Waals surface area contributed by atoms with E-state index in [0.717, 1.165) is 0 Å². The van der Waals surface area contributed by atoms with Gasteiger partial charge in [-0.05, 0) is 63.0 Å². The summed E-state index contributed by atoms with van der Waals surface area (Å²) in [5.41, 5.74) is 11.5. The molecule has 32 heavy (non-hydrogen) atoms. The molecule has 1 heterocycles. The van der Waals surface area contributed by atoms with Gasteiger partial charge in [-0.3, -0.25) is 14.4 Å². The molecule has 1 aliphatic heterocycles. The van der Waals surface area contributed by atoms with Crippen molar-refractivity contribution in [3.63, 3.8) is 0 Å². The largest absolute Gasteiger partial charge is 0.480 e. The first-order chi connectivity index (χ1) is 15.1. The van der Waals surface area contributed by atoms with E-state index in [4.69, 9.17) is 11.5 Å². The van der Waals surface area contributed by atoms with E-state index in [1.54, 1.807) is 0 Å². The summed E-state index contributed by atoms with van der Waals surface area (Å²) in [6.45, 7) is 4.59. The molecule has 3 amide bonds. The molecule has 0 saturated carbocycles. The fourth-order valence-electron chi connectivity index (χ4n) is 3.57. The van der Waals surface area contributed by atoms with E-state index in [1.807, 2.05) is 20.1 Å². The lowest BCUT2D eigenvalue weighted by atomic mass is 10.0. The van der Waals surface area contributed by atoms with Crippen molar-refractivity contribution < 1.29 is 24.3 Å². The molecular weight excluding hydrogens is 434 g/mol. The molecule has 0 bridgehead atoms. The minimum absolute atomic E-state index is 0.0564. The first-order valence-electron chi connectivity index (χ1n) is 11.2. The number of likely N-dealkylation sites (tertiary alicyclic amines) is 1. The number of rotatable bonds is 14. The van der Waals surface area contributed by atoms with Crippen molar-refractivity contribution in [2.24, 2.45) is 17.4 Å². The summed E-state index contributed by atoms with van der Waals surface area (Å²) in [5, 5.41) is 14.7. The zero-order chi connectivity index (χ0) is 24.3. The lowest BCUT2D eigenvalue weighted by Crippen LogP contribution is -2.57. The summed E-state index contributed by atoms with van der Waals surface area (Å²) < 4.78 is 0. The Morgan fingerprint density at radius 2 is 1.81 bits per heavy atom. The third kappa shape index (κ3) is 8.59. The maximum Gasteiger partial charge on any atom is 0.326 e. The van der Waals surface area contributed by atoms with Crippen LogP contribution < -0.4 is 22.1 Å². The molecule has 0 aromatic heterocycles. The molecule has 1 fully saturated rings. The summed E-state index contributed by atoms with van der Waals surface area (Å²) in [7, 11) is 0. The molecule has 0 aliphatic carbocycles. The standard InChI is InChI=1S/C21H39N5O5S/c1-13(2)17(23)20(29)26-11-6-8-16(26)19(28)24-14(9-12-32-3)18(27)25-15(21(30)31)7-4-5-10-22/h13-17H,4-12,22-23H2,1-3H3,(H,24,28)(H,25,27)(H,30,31). The number of carboxylic acids is 1. The number of hydrogen-bond donors (Lipinski definition) is 5. The fourth-order valence-corrected chi connectivity index (χ4v) is 4.05. The van der Waals surface area contributed by atoms with Gasteiger partial charge in [-0.15, -0.1) is 0 Å². The molecule has 10 nitrogen and oxygen atoms in total. The average Bonchev–Trinajstić information content (AvgIpc) is 3.24. The predicted molar refractivity (Wildman–Crippen MR) is 125 cm³/mol. The van der Waals surface area contributed by atoms with Crippen molar-refractivity contribution in [3.8, 4) is 0 Å². The van der Waals surface area contributed by atoms with Crippen LogP contribution >= 0.6 is 11.8 Å². The number of unbranched alkanes of at least 4 members (excludes halogenated alkanes) is 1. The van der Waals surface area contributed by atoms with Gasteiger partial charge in [0.05, 0.1) is 6.04 Å². The minimum atomic E-state index is -1.12. The number of carbonyl (C=O) groups is 4. The van der Waals surface area contributed by atoms with Crippen molar-refractivity contribution in [2.75, 3.05) is 25.1 Å². The molecule has 0 aromatic rings.